The van der Waals surface area contributed by atoms with Crippen molar-refractivity contribution >= 4 is 16.9 Å². The highest BCUT2D eigenvalue weighted by molar-refractivity contribution is 5.83. The van der Waals surface area contributed by atoms with Gasteiger partial charge in [0.1, 0.15) is 5.75 Å². The molecule has 2 atom stereocenters. The lowest BCUT2D eigenvalue weighted by atomic mass is 9.79. The van der Waals surface area contributed by atoms with Crippen molar-refractivity contribution in [2.45, 2.75) is 38.5 Å². The van der Waals surface area contributed by atoms with E-state index in [0.29, 0.717) is 24.4 Å². The lowest BCUT2D eigenvalue weighted by Crippen LogP contribution is -2.41. The first-order chi connectivity index (χ1) is 17.9. The van der Waals surface area contributed by atoms with Crippen LogP contribution in [0, 0.1) is 35.3 Å². The Morgan fingerprint density at radius 3 is 2.78 bits per heavy atom. The molecule has 1 aliphatic rings. The van der Waals surface area contributed by atoms with Crippen molar-refractivity contribution in [3.63, 3.8) is 0 Å². The number of piperidine rings is 1. The Bertz CT molecular complexity index is 1300. The van der Waals surface area contributed by atoms with Crippen LogP contribution in [0.5, 0.6) is 5.75 Å². The average molecular weight is 507 g/mol. The van der Waals surface area contributed by atoms with E-state index in [9.17, 15) is 18.7 Å². The number of methoxy groups -OCH3 is 1. The van der Waals surface area contributed by atoms with Crippen LogP contribution in [0.3, 0.4) is 0 Å². The summed E-state index contributed by atoms with van der Waals surface area (Å²) in [7, 11) is 1.66. The molecule has 2 aromatic carbocycles. The molecule has 0 bridgehead atoms. The lowest BCUT2D eigenvalue weighted by molar-refractivity contribution is -0.137. The minimum absolute atomic E-state index is 0.157. The molecule has 194 valence electrons. The molecule has 2 heterocycles. The zero-order chi connectivity index (χ0) is 26.2. The van der Waals surface area contributed by atoms with Gasteiger partial charge in [0.15, 0.2) is 11.6 Å². The van der Waals surface area contributed by atoms with E-state index in [0.717, 1.165) is 67.6 Å². The molecule has 0 aliphatic carbocycles. The molecular weight excluding hydrogens is 474 g/mol. The van der Waals surface area contributed by atoms with Crippen molar-refractivity contribution in [1.29, 1.82) is 0 Å². The fourth-order valence-corrected chi connectivity index (χ4v) is 5.22. The van der Waals surface area contributed by atoms with Gasteiger partial charge in [0, 0.05) is 30.1 Å². The number of aliphatic carboxylic acids is 1. The third-order valence-corrected chi connectivity index (χ3v) is 7.22. The van der Waals surface area contributed by atoms with Crippen molar-refractivity contribution in [2.75, 3.05) is 26.7 Å². The first-order valence-corrected chi connectivity index (χ1v) is 12.7. The molecule has 2 unspecified atom stereocenters. The number of pyridine rings is 1. The van der Waals surface area contributed by atoms with Crippen LogP contribution >= 0.6 is 0 Å². The second kappa shape index (κ2) is 12.6. The number of aryl methyl sites for hydroxylation is 1. The maximum Gasteiger partial charge on any atom is 0.303 e. The average Bonchev–Trinajstić information content (AvgIpc) is 2.90. The molecule has 0 spiro atoms. The fourth-order valence-electron chi connectivity index (χ4n) is 5.22. The molecular formula is C30H32F2N2O3. The molecule has 37 heavy (non-hydrogen) atoms. The van der Waals surface area contributed by atoms with Crippen LogP contribution in [0.1, 0.15) is 43.2 Å². The number of rotatable bonds is 9. The van der Waals surface area contributed by atoms with E-state index in [4.69, 9.17) is 4.74 Å². The summed E-state index contributed by atoms with van der Waals surface area (Å²) in [6.45, 7) is 2.19. The highest BCUT2D eigenvalue weighted by atomic mass is 19.2. The van der Waals surface area contributed by atoms with E-state index < -0.39 is 17.6 Å². The summed E-state index contributed by atoms with van der Waals surface area (Å²) in [6, 6.07) is 11.7. The first kappa shape index (κ1) is 26.6. The van der Waals surface area contributed by atoms with Gasteiger partial charge in [-0.3, -0.25) is 14.7 Å². The van der Waals surface area contributed by atoms with E-state index in [-0.39, 0.29) is 12.3 Å². The molecule has 1 N–H and O–H groups in total. The Morgan fingerprint density at radius 1 is 1.14 bits per heavy atom. The van der Waals surface area contributed by atoms with E-state index in [2.05, 4.69) is 27.8 Å². The third kappa shape index (κ3) is 7.27. The summed E-state index contributed by atoms with van der Waals surface area (Å²) in [5, 5.41) is 10.4. The normalized spacial score (nSPS) is 17.8. The molecule has 4 rings (SSSR count). The van der Waals surface area contributed by atoms with Gasteiger partial charge in [-0.05, 0) is 98.5 Å². The smallest absolute Gasteiger partial charge is 0.303 e. The monoisotopic (exact) mass is 506 g/mol. The van der Waals surface area contributed by atoms with Gasteiger partial charge in [-0.15, -0.1) is 0 Å². The first-order valence-electron chi connectivity index (χ1n) is 12.7. The van der Waals surface area contributed by atoms with Gasteiger partial charge in [-0.2, -0.15) is 0 Å². The van der Waals surface area contributed by atoms with Crippen LogP contribution in [-0.4, -0.2) is 47.7 Å². The van der Waals surface area contributed by atoms with Crippen LogP contribution < -0.4 is 4.74 Å². The number of carboxylic acid groups (broad SMARTS) is 1. The molecule has 7 heteroatoms. The molecule has 0 radical (unpaired) electrons. The van der Waals surface area contributed by atoms with Crippen LogP contribution in [0.25, 0.3) is 10.9 Å². The molecule has 1 aromatic heterocycles. The lowest BCUT2D eigenvalue weighted by Gasteiger charge is -2.38. The molecule has 0 amide bonds. The second-order valence-electron chi connectivity index (χ2n) is 9.65. The highest BCUT2D eigenvalue weighted by Crippen LogP contribution is 2.32. The predicted molar refractivity (Wildman–Crippen MR) is 139 cm³/mol. The standard InChI is InChI=1S/C30H32F2N2O3/c1-37-25-9-11-29-26(19-25)23(13-15-33-29)6-2-5-22-14-17-34(20-24(22)8-12-30(35)36)16-3-4-21-7-10-27(31)28(32)18-21/h7,9-11,13,15,18-19,22,24H,2,5-6,8,12,14,16-17,20H2,1H3,(H,35,36). The van der Waals surface area contributed by atoms with Crippen molar-refractivity contribution in [3.05, 3.63) is 71.4 Å². The van der Waals surface area contributed by atoms with E-state index >= 15 is 0 Å². The van der Waals surface area contributed by atoms with Gasteiger partial charge < -0.3 is 9.84 Å². The molecule has 5 nitrogen and oxygen atoms in total. The quantitative estimate of drug-likeness (QED) is 0.377. The van der Waals surface area contributed by atoms with Gasteiger partial charge in [-0.1, -0.05) is 11.8 Å². The summed E-state index contributed by atoms with van der Waals surface area (Å²) in [5.74, 6) is 4.96. The van der Waals surface area contributed by atoms with Gasteiger partial charge in [0.05, 0.1) is 19.2 Å². The summed E-state index contributed by atoms with van der Waals surface area (Å²) in [6.07, 6.45) is 6.61. The Morgan fingerprint density at radius 2 is 2.00 bits per heavy atom. The zero-order valence-electron chi connectivity index (χ0n) is 21.1. The molecule has 1 aliphatic heterocycles. The van der Waals surface area contributed by atoms with Crippen LogP contribution in [0.4, 0.5) is 8.78 Å². The minimum atomic E-state index is -0.903. The molecule has 1 fully saturated rings. The van der Waals surface area contributed by atoms with Crippen LogP contribution in [-0.2, 0) is 11.2 Å². The minimum Gasteiger partial charge on any atom is -0.497 e. The van der Waals surface area contributed by atoms with Gasteiger partial charge >= 0.3 is 5.97 Å². The van der Waals surface area contributed by atoms with Crippen molar-refractivity contribution in [3.8, 4) is 17.6 Å². The zero-order valence-corrected chi connectivity index (χ0v) is 21.1. The largest absolute Gasteiger partial charge is 0.497 e. The topological polar surface area (TPSA) is 62.7 Å². The number of nitrogens with zero attached hydrogens (tertiary/aromatic N) is 2. The van der Waals surface area contributed by atoms with Crippen LogP contribution in [0.2, 0.25) is 0 Å². The van der Waals surface area contributed by atoms with Gasteiger partial charge in [0.2, 0.25) is 0 Å². The number of likely N-dealkylation sites (tertiary alicyclic amines) is 1. The number of hydrogen-bond donors (Lipinski definition) is 1. The maximum atomic E-state index is 13.4. The Hall–Kier alpha value is -3.50. The number of ether oxygens (including phenoxy) is 1. The van der Waals surface area contributed by atoms with Crippen molar-refractivity contribution in [2.24, 2.45) is 11.8 Å². The van der Waals surface area contributed by atoms with Gasteiger partial charge in [-0.25, -0.2) is 8.78 Å². The fraction of sp³-hybridized carbons (Fsp3) is 0.400. The predicted octanol–water partition coefficient (Wildman–Crippen LogP) is 5.70. The number of fused-ring (bicyclic) bond motifs is 1. The van der Waals surface area contributed by atoms with E-state index in [1.807, 2.05) is 24.4 Å². The van der Waals surface area contributed by atoms with E-state index in [1.165, 1.54) is 11.6 Å². The van der Waals surface area contributed by atoms with Crippen LogP contribution in [0.15, 0.2) is 48.7 Å². The summed E-state index contributed by atoms with van der Waals surface area (Å²) < 4.78 is 31.9. The summed E-state index contributed by atoms with van der Waals surface area (Å²) in [5.41, 5.74) is 2.64. The number of benzene rings is 2. The maximum absolute atomic E-state index is 13.4. The highest BCUT2D eigenvalue weighted by Gasteiger charge is 2.29. The Labute approximate surface area is 216 Å². The number of aromatic nitrogens is 1. The van der Waals surface area contributed by atoms with E-state index in [1.54, 1.807) is 7.11 Å². The summed E-state index contributed by atoms with van der Waals surface area (Å²) >= 11 is 0. The Kier molecular flexibility index (Phi) is 9.08. The second-order valence-corrected chi connectivity index (χ2v) is 9.65. The number of hydrogen-bond acceptors (Lipinski definition) is 4. The molecule has 0 saturated carbocycles. The van der Waals surface area contributed by atoms with Gasteiger partial charge in [0.25, 0.3) is 0 Å². The number of carboxylic acids is 1. The van der Waals surface area contributed by atoms with Crippen molar-refractivity contribution < 1.29 is 23.4 Å². The van der Waals surface area contributed by atoms with Crippen molar-refractivity contribution in [1.82, 2.24) is 9.88 Å². The number of halogens is 2. The summed E-state index contributed by atoms with van der Waals surface area (Å²) in [4.78, 5) is 18.0. The SMILES string of the molecule is COc1ccc2nccc(CCCC3CCN(CC#Cc4ccc(F)c(F)c4)CC3CCC(=O)O)c2c1. The Balaban J connectivity index is 1.36. The molecule has 1 saturated heterocycles. The third-order valence-electron chi connectivity index (χ3n) is 7.22. The number of carbonyl (C=O) groups is 1. The molecule has 3 aromatic rings.